The van der Waals surface area contributed by atoms with Gasteiger partial charge >= 0.3 is 0 Å². The van der Waals surface area contributed by atoms with E-state index >= 15 is 0 Å². The minimum absolute atomic E-state index is 0.0519. The number of thiocarbonyl (C=S) groups is 1. The SMILES string of the molecule is Cc1ccc(-n2cccc2[C@@H]2[C@@H](c3ccccn3)NC(=S)N2c2ccc(C(C)C)cc2)cc1C. The van der Waals surface area contributed by atoms with Crippen molar-refractivity contribution >= 4 is 23.0 Å². The molecule has 0 unspecified atom stereocenters. The number of benzene rings is 2. The second kappa shape index (κ2) is 9.07. The Morgan fingerprint density at radius 1 is 0.882 bits per heavy atom. The van der Waals surface area contributed by atoms with E-state index in [4.69, 9.17) is 17.2 Å². The Bertz CT molecular complexity index is 1310. The monoisotopic (exact) mass is 466 g/mol. The molecule has 1 aliphatic rings. The summed E-state index contributed by atoms with van der Waals surface area (Å²) in [5.74, 6) is 0.483. The zero-order chi connectivity index (χ0) is 23.8. The highest BCUT2D eigenvalue weighted by atomic mass is 32.1. The van der Waals surface area contributed by atoms with Crippen LogP contribution in [-0.4, -0.2) is 14.7 Å². The first-order chi connectivity index (χ1) is 16.4. The van der Waals surface area contributed by atoms with Crippen molar-refractivity contribution in [2.75, 3.05) is 4.90 Å². The van der Waals surface area contributed by atoms with Crippen LogP contribution in [0.15, 0.2) is 85.2 Å². The van der Waals surface area contributed by atoms with Crippen LogP contribution in [0, 0.1) is 13.8 Å². The van der Waals surface area contributed by atoms with Gasteiger partial charge in [-0.05, 0) is 97.2 Å². The van der Waals surface area contributed by atoms with Crippen molar-refractivity contribution in [2.45, 2.75) is 45.7 Å². The minimum atomic E-state index is -0.0707. The van der Waals surface area contributed by atoms with Crippen molar-refractivity contribution < 1.29 is 0 Å². The molecule has 1 aliphatic heterocycles. The Balaban J connectivity index is 1.64. The molecule has 0 radical (unpaired) electrons. The van der Waals surface area contributed by atoms with E-state index in [9.17, 15) is 0 Å². The molecule has 2 atom stereocenters. The van der Waals surface area contributed by atoms with Crippen LogP contribution in [0.4, 0.5) is 5.69 Å². The Morgan fingerprint density at radius 2 is 1.65 bits per heavy atom. The number of aromatic nitrogens is 2. The molecule has 0 spiro atoms. The summed E-state index contributed by atoms with van der Waals surface area (Å²) >= 11 is 5.91. The van der Waals surface area contributed by atoms with E-state index in [1.165, 1.54) is 22.4 Å². The third kappa shape index (κ3) is 4.01. The van der Waals surface area contributed by atoms with Crippen LogP contribution in [0.1, 0.15) is 59.9 Å². The summed E-state index contributed by atoms with van der Waals surface area (Å²) in [5.41, 5.74) is 8.26. The maximum atomic E-state index is 5.91. The van der Waals surface area contributed by atoms with E-state index in [0.717, 1.165) is 17.1 Å². The lowest BCUT2D eigenvalue weighted by Gasteiger charge is -2.29. The fourth-order valence-corrected chi connectivity index (χ4v) is 5.04. The highest BCUT2D eigenvalue weighted by molar-refractivity contribution is 7.80. The molecular formula is C29H30N4S. The van der Waals surface area contributed by atoms with Crippen molar-refractivity contribution in [3.63, 3.8) is 0 Å². The molecule has 4 aromatic rings. The van der Waals surface area contributed by atoms with Crippen LogP contribution in [-0.2, 0) is 0 Å². The number of anilines is 1. The third-order valence-corrected chi connectivity index (χ3v) is 7.10. The average molecular weight is 467 g/mol. The summed E-state index contributed by atoms with van der Waals surface area (Å²) in [6.45, 7) is 8.74. The van der Waals surface area contributed by atoms with Crippen LogP contribution >= 0.6 is 12.2 Å². The van der Waals surface area contributed by atoms with Gasteiger partial charge in [0.1, 0.15) is 6.04 Å². The number of aryl methyl sites for hydroxylation is 2. The molecule has 2 aromatic heterocycles. The Kier molecular flexibility index (Phi) is 5.96. The van der Waals surface area contributed by atoms with E-state index in [-0.39, 0.29) is 12.1 Å². The molecule has 1 N–H and O–H groups in total. The van der Waals surface area contributed by atoms with Gasteiger partial charge in [-0.2, -0.15) is 0 Å². The molecular weight excluding hydrogens is 436 g/mol. The van der Waals surface area contributed by atoms with Gasteiger partial charge < -0.3 is 14.8 Å². The summed E-state index contributed by atoms with van der Waals surface area (Å²) in [4.78, 5) is 6.93. The first kappa shape index (κ1) is 22.4. The van der Waals surface area contributed by atoms with Crippen LogP contribution in [0.3, 0.4) is 0 Å². The molecule has 2 aromatic carbocycles. The van der Waals surface area contributed by atoms with Gasteiger partial charge in [0.25, 0.3) is 0 Å². The predicted octanol–water partition coefficient (Wildman–Crippen LogP) is 6.79. The standard InChI is InChI=1S/C29H30N4S/c1-19(2)22-11-14-23(15-12-22)33-28(27(31-29(33)34)25-8-5-6-16-30-25)26-9-7-17-32(26)24-13-10-20(3)21(4)18-24/h5-19,27-28H,1-4H3,(H,31,34)/t27-,28-/m1/s1. The Morgan fingerprint density at radius 3 is 2.32 bits per heavy atom. The normalized spacial score (nSPS) is 17.9. The van der Waals surface area contributed by atoms with Gasteiger partial charge in [0.15, 0.2) is 5.11 Å². The fraction of sp³-hybridized carbons (Fsp3) is 0.241. The lowest BCUT2D eigenvalue weighted by atomic mass is 9.99. The van der Waals surface area contributed by atoms with Crippen molar-refractivity contribution in [2.24, 2.45) is 0 Å². The second-order valence-corrected chi connectivity index (χ2v) is 9.70. The summed E-state index contributed by atoms with van der Waals surface area (Å²) in [6.07, 6.45) is 3.98. The summed E-state index contributed by atoms with van der Waals surface area (Å²) in [5, 5.41) is 4.29. The molecule has 1 fully saturated rings. The van der Waals surface area contributed by atoms with Gasteiger partial charge in [-0.1, -0.05) is 38.1 Å². The third-order valence-electron chi connectivity index (χ3n) is 6.79. The van der Waals surface area contributed by atoms with Gasteiger partial charge in [0.2, 0.25) is 0 Å². The zero-order valence-corrected chi connectivity index (χ0v) is 20.9. The molecule has 5 heteroatoms. The van der Waals surface area contributed by atoms with Crippen molar-refractivity contribution in [3.8, 4) is 5.69 Å². The van der Waals surface area contributed by atoms with Crippen molar-refractivity contribution in [1.82, 2.24) is 14.9 Å². The minimum Gasteiger partial charge on any atom is -0.351 e. The largest absolute Gasteiger partial charge is 0.351 e. The van der Waals surface area contributed by atoms with Crippen molar-refractivity contribution in [1.29, 1.82) is 0 Å². The van der Waals surface area contributed by atoms with E-state index in [1.54, 1.807) is 0 Å². The Hall–Kier alpha value is -3.44. The van der Waals surface area contributed by atoms with Gasteiger partial charge in [-0.25, -0.2) is 0 Å². The van der Waals surface area contributed by atoms with E-state index < -0.39 is 0 Å². The van der Waals surface area contributed by atoms with Gasteiger partial charge in [-0.15, -0.1) is 0 Å². The maximum absolute atomic E-state index is 5.91. The maximum Gasteiger partial charge on any atom is 0.174 e. The van der Waals surface area contributed by atoms with Crippen LogP contribution in [0.2, 0.25) is 0 Å². The topological polar surface area (TPSA) is 33.1 Å². The highest BCUT2D eigenvalue weighted by Crippen LogP contribution is 2.42. The molecule has 34 heavy (non-hydrogen) atoms. The number of hydrogen-bond acceptors (Lipinski definition) is 2. The van der Waals surface area contributed by atoms with Gasteiger partial charge in [-0.3, -0.25) is 4.98 Å². The molecule has 0 bridgehead atoms. The first-order valence-corrected chi connectivity index (χ1v) is 12.2. The lowest BCUT2D eigenvalue weighted by molar-refractivity contribution is 0.549. The first-order valence-electron chi connectivity index (χ1n) is 11.8. The molecule has 0 amide bonds. The summed E-state index contributed by atoms with van der Waals surface area (Å²) in [6, 6.07) is 25.6. The number of pyridine rings is 1. The molecule has 3 heterocycles. The lowest BCUT2D eigenvalue weighted by Crippen LogP contribution is -2.30. The van der Waals surface area contributed by atoms with Gasteiger partial charge in [0.05, 0.1) is 11.7 Å². The Labute approximate surface area is 207 Å². The fourth-order valence-electron chi connectivity index (χ4n) is 4.70. The number of nitrogens with zero attached hydrogens (tertiary/aromatic N) is 3. The molecule has 5 rings (SSSR count). The quantitative estimate of drug-likeness (QED) is 0.328. The van der Waals surface area contributed by atoms with E-state index in [0.29, 0.717) is 11.0 Å². The predicted molar refractivity (Wildman–Crippen MR) is 144 cm³/mol. The molecule has 1 saturated heterocycles. The zero-order valence-electron chi connectivity index (χ0n) is 20.1. The average Bonchev–Trinajstić information content (AvgIpc) is 3.45. The second-order valence-electron chi connectivity index (χ2n) is 9.31. The molecule has 4 nitrogen and oxygen atoms in total. The number of hydrogen-bond donors (Lipinski definition) is 1. The number of nitrogens with one attached hydrogen (secondary N) is 1. The summed E-state index contributed by atoms with van der Waals surface area (Å²) < 4.78 is 2.28. The molecule has 0 aliphatic carbocycles. The highest BCUT2D eigenvalue weighted by Gasteiger charge is 2.42. The van der Waals surface area contributed by atoms with E-state index in [1.807, 2.05) is 18.3 Å². The van der Waals surface area contributed by atoms with Crippen LogP contribution in [0.5, 0.6) is 0 Å². The summed E-state index contributed by atoms with van der Waals surface area (Å²) in [7, 11) is 0. The van der Waals surface area contributed by atoms with Crippen molar-refractivity contribution in [3.05, 3.63) is 113 Å². The molecule has 0 saturated carbocycles. The van der Waals surface area contributed by atoms with Crippen LogP contribution in [0.25, 0.3) is 5.69 Å². The van der Waals surface area contributed by atoms with Crippen LogP contribution < -0.4 is 10.2 Å². The molecule has 172 valence electrons. The van der Waals surface area contributed by atoms with Gasteiger partial charge in [0, 0.05) is 29.5 Å². The number of rotatable bonds is 5. The smallest absolute Gasteiger partial charge is 0.174 e. The van der Waals surface area contributed by atoms with E-state index in [2.05, 4.69) is 109 Å².